The molecule has 1 aromatic carbocycles. The van der Waals surface area contributed by atoms with Gasteiger partial charge in [0.1, 0.15) is 0 Å². The van der Waals surface area contributed by atoms with E-state index in [1.165, 1.54) is 4.90 Å². The average molecular weight is 223 g/mol. The number of nitrogens with one attached hydrogen (secondary N) is 1. The van der Waals surface area contributed by atoms with Crippen LogP contribution in [0.5, 0.6) is 0 Å². The number of hydrogen-bond acceptors (Lipinski definition) is 2. The van der Waals surface area contributed by atoms with E-state index >= 15 is 0 Å². The maximum Gasteiger partial charge on any atom is 0.0106 e. The van der Waals surface area contributed by atoms with Gasteiger partial charge in [-0.25, -0.2) is 0 Å². The predicted octanol–water partition coefficient (Wildman–Crippen LogP) is 3.41. The Bertz CT molecular complexity index is 264. The van der Waals surface area contributed by atoms with Crippen LogP contribution in [-0.2, 0) is 0 Å². The summed E-state index contributed by atoms with van der Waals surface area (Å²) in [6.07, 6.45) is 0. The molecule has 0 saturated heterocycles. The molecule has 0 aliphatic carbocycles. The van der Waals surface area contributed by atoms with Gasteiger partial charge in [0.05, 0.1) is 0 Å². The molecule has 1 rings (SSSR count). The van der Waals surface area contributed by atoms with Crippen LogP contribution < -0.4 is 5.32 Å². The zero-order chi connectivity index (χ0) is 11.1. The van der Waals surface area contributed by atoms with Gasteiger partial charge in [-0.3, -0.25) is 0 Å². The second kappa shape index (κ2) is 6.19. The van der Waals surface area contributed by atoms with Gasteiger partial charge >= 0.3 is 0 Å². The molecule has 0 atom stereocenters. The van der Waals surface area contributed by atoms with E-state index in [0.29, 0.717) is 5.41 Å². The topological polar surface area (TPSA) is 12.0 Å². The lowest BCUT2D eigenvalue weighted by Crippen LogP contribution is -2.28. The summed E-state index contributed by atoms with van der Waals surface area (Å²) < 4.78 is 0. The fourth-order valence-corrected chi connectivity index (χ4v) is 2.05. The molecule has 84 valence electrons. The molecule has 0 heterocycles. The molecule has 0 bridgehead atoms. The van der Waals surface area contributed by atoms with Crippen LogP contribution in [0, 0.1) is 5.41 Å². The first kappa shape index (κ1) is 12.6. The second-order valence-electron chi connectivity index (χ2n) is 4.90. The molecule has 0 radical (unpaired) electrons. The number of hydrogen-bond donors (Lipinski definition) is 1. The van der Waals surface area contributed by atoms with E-state index in [-0.39, 0.29) is 0 Å². The van der Waals surface area contributed by atoms with Crippen molar-refractivity contribution in [2.45, 2.75) is 25.7 Å². The molecule has 0 unspecified atom stereocenters. The van der Waals surface area contributed by atoms with Gasteiger partial charge in [0.2, 0.25) is 0 Å². The normalized spacial score (nSPS) is 11.7. The minimum atomic E-state index is 0.386. The minimum absolute atomic E-state index is 0.386. The van der Waals surface area contributed by atoms with Gasteiger partial charge in [-0.2, -0.15) is 0 Å². The summed E-state index contributed by atoms with van der Waals surface area (Å²) in [5.41, 5.74) is 0.386. The molecule has 0 aliphatic heterocycles. The van der Waals surface area contributed by atoms with Crippen molar-refractivity contribution in [3.63, 3.8) is 0 Å². The van der Waals surface area contributed by atoms with Gasteiger partial charge in [0.25, 0.3) is 0 Å². The average Bonchev–Trinajstić information content (AvgIpc) is 2.17. The summed E-state index contributed by atoms with van der Waals surface area (Å²) in [6.45, 7) is 8.93. The first-order valence-corrected chi connectivity index (χ1v) is 6.45. The number of thioether (sulfide) groups is 1. The summed E-state index contributed by atoms with van der Waals surface area (Å²) in [7, 11) is 0. The van der Waals surface area contributed by atoms with Crippen molar-refractivity contribution in [1.82, 2.24) is 5.32 Å². The molecule has 1 nitrogen and oxygen atoms in total. The highest BCUT2D eigenvalue weighted by Gasteiger charge is 2.08. The SMILES string of the molecule is CC(C)(C)CNCCSc1ccccc1. The molecule has 0 amide bonds. The highest BCUT2D eigenvalue weighted by Crippen LogP contribution is 2.16. The lowest BCUT2D eigenvalue weighted by molar-refractivity contribution is 0.385. The zero-order valence-electron chi connectivity index (χ0n) is 9.92. The Hall–Kier alpha value is -0.470. The molecular formula is C13H21NS. The van der Waals surface area contributed by atoms with Gasteiger partial charge in [-0.05, 0) is 17.5 Å². The first-order chi connectivity index (χ1) is 7.08. The van der Waals surface area contributed by atoms with E-state index in [1.54, 1.807) is 0 Å². The Labute approximate surface area is 97.7 Å². The van der Waals surface area contributed by atoms with Crippen LogP contribution in [0.4, 0.5) is 0 Å². The van der Waals surface area contributed by atoms with Crippen LogP contribution in [0.2, 0.25) is 0 Å². The molecule has 1 N–H and O–H groups in total. The molecule has 15 heavy (non-hydrogen) atoms. The van der Waals surface area contributed by atoms with Crippen molar-refractivity contribution in [2.75, 3.05) is 18.8 Å². The Kier molecular flexibility index (Phi) is 5.20. The Balaban J connectivity index is 2.08. The summed E-state index contributed by atoms with van der Waals surface area (Å²) in [6, 6.07) is 10.6. The maximum absolute atomic E-state index is 3.47. The summed E-state index contributed by atoms with van der Waals surface area (Å²) in [4.78, 5) is 1.36. The predicted molar refractivity (Wildman–Crippen MR) is 69.5 cm³/mol. The van der Waals surface area contributed by atoms with E-state index in [0.717, 1.165) is 18.8 Å². The van der Waals surface area contributed by atoms with E-state index in [9.17, 15) is 0 Å². The largest absolute Gasteiger partial charge is 0.315 e. The van der Waals surface area contributed by atoms with Gasteiger partial charge in [-0.1, -0.05) is 39.0 Å². The van der Waals surface area contributed by atoms with E-state index in [2.05, 4.69) is 56.4 Å². The summed E-state index contributed by atoms with van der Waals surface area (Å²) in [5.74, 6) is 1.14. The standard InChI is InChI=1S/C13H21NS/c1-13(2,3)11-14-9-10-15-12-7-5-4-6-8-12/h4-8,14H,9-11H2,1-3H3. The number of rotatable bonds is 5. The van der Waals surface area contributed by atoms with Crippen LogP contribution in [-0.4, -0.2) is 18.8 Å². The van der Waals surface area contributed by atoms with Gasteiger partial charge < -0.3 is 5.32 Å². The van der Waals surface area contributed by atoms with Crippen molar-refractivity contribution in [3.8, 4) is 0 Å². The Morgan fingerprint density at radius 3 is 2.40 bits per heavy atom. The Morgan fingerprint density at radius 1 is 1.13 bits per heavy atom. The molecule has 0 aromatic heterocycles. The lowest BCUT2D eigenvalue weighted by atomic mass is 9.97. The molecule has 0 spiro atoms. The molecule has 0 fully saturated rings. The highest BCUT2D eigenvalue weighted by atomic mass is 32.2. The van der Waals surface area contributed by atoms with Gasteiger partial charge in [-0.15, -0.1) is 11.8 Å². The fourth-order valence-electron chi connectivity index (χ4n) is 1.22. The Morgan fingerprint density at radius 2 is 1.80 bits per heavy atom. The monoisotopic (exact) mass is 223 g/mol. The third-order valence-corrected chi connectivity index (χ3v) is 2.96. The third-order valence-electron chi connectivity index (χ3n) is 1.95. The van der Waals surface area contributed by atoms with Gasteiger partial charge in [0, 0.05) is 23.7 Å². The summed E-state index contributed by atoms with van der Waals surface area (Å²) in [5, 5.41) is 3.47. The van der Waals surface area contributed by atoms with E-state index < -0.39 is 0 Å². The molecule has 0 aliphatic rings. The van der Waals surface area contributed by atoms with E-state index in [4.69, 9.17) is 0 Å². The van der Waals surface area contributed by atoms with Crippen molar-refractivity contribution >= 4 is 11.8 Å². The smallest absolute Gasteiger partial charge is 0.0106 e. The minimum Gasteiger partial charge on any atom is -0.315 e. The van der Waals surface area contributed by atoms with E-state index in [1.807, 2.05) is 11.8 Å². The zero-order valence-corrected chi connectivity index (χ0v) is 10.7. The molecular weight excluding hydrogens is 202 g/mol. The highest BCUT2D eigenvalue weighted by molar-refractivity contribution is 7.99. The quantitative estimate of drug-likeness (QED) is 0.606. The van der Waals surface area contributed by atoms with Crippen LogP contribution in [0.3, 0.4) is 0 Å². The first-order valence-electron chi connectivity index (χ1n) is 5.46. The summed E-state index contributed by atoms with van der Waals surface area (Å²) >= 11 is 1.91. The van der Waals surface area contributed by atoms with Crippen molar-refractivity contribution in [2.24, 2.45) is 5.41 Å². The van der Waals surface area contributed by atoms with Crippen LogP contribution >= 0.6 is 11.8 Å². The van der Waals surface area contributed by atoms with Gasteiger partial charge in [0.15, 0.2) is 0 Å². The fraction of sp³-hybridized carbons (Fsp3) is 0.538. The van der Waals surface area contributed by atoms with Crippen LogP contribution in [0.1, 0.15) is 20.8 Å². The van der Waals surface area contributed by atoms with Crippen LogP contribution in [0.15, 0.2) is 35.2 Å². The van der Waals surface area contributed by atoms with Crippen molar-refractivity contribution < 1.29 is 0 Å². The van der Waals surface area contributed by atoms with Crippen LogP contribution in [0.25, 0.3) is 0 Å². The third kappa shape index (κ3) is 6.58. The number of benzene rings is 1. The molecule has 2 heteroatoms. The van der Waals surface area contributed by atoms with Crippen molar-refractivity contribution in [3.05, 3.63) is 30.3 Å². The van der Waals surface area contributed by atoms with Crippen molar-refractivity contribution in [1.29, 1.82) is 0 Å². The molecule has 0 saturated carbocycles. The lowest BCUT2D eigenvalue weighted by Gasteiger charge is -2.18. The second-order valence-corrected chi connectivity index (χ2v) is 6.07. The molecule has 1 aromatic rings. The maximum atomic E-state index is 3.47.